The largest absolute Gasteiger partial charge is 0.327 e. The normalized spacial score (nSPS) is 20.9. The highest BCUT2D eigenvalue weighted by molar-refractivity contribution is 5.35. The molecule has 1 aliphatic heterocycles. The van der Waals surface area contributed by atoms with Gasteiger partial charge in [0, 0.05) is 25.2 Å². The summed E-state index contributed by atoms with van der Waals surface area (Å²) in [6.45, 7) is 2.16. The van der Waals surface area contributed by atoms with Gasteiger partial charge in [-0.3, -0.25) is 15.0 Å². The van der Waals surface area contributed by atoms with E-state index in [0.29, 0.717) is 12.1 Å². The minimum atomic E-state index is -0.575. The highest BCUT2D eigenvalue weighted by Crippen LogP contribution is 2.19. The predicted octanol–water partition coefficient (Wildman–Crippen LogP) is 1.66. The number of non-ortho nitro benzene ring substituents is 1. The molecule has 1 fully saturated rings. The second-order valence-corrected chi connectivity index (χ2v) is 4.71. The Morgan fingerprint density at radius 3 is 2.94 bits per heavy atom. The fourth-order valence-corrected chi connectivity index (χ4v) is 2.32. The Balaban J connectivity index is 2.10. The maximum Gasteiger partial charge on any atom is 0.272 e. The molecule has 1 saturated heterocycles. The number of nitrogens with zero attached hydrogens (tertiary/aromatic N) is 2. The lowest BCUT2D eigenvalue weighted by molar-refractivity contribution is -0.385. The lowest BCUT2D eigenvalue weighted by atomic mass is 10.1. The van der Waals surface area contributed by atoms with Crippen LogP contribution in [0.25, 0.3) is 0 Å². The van der Waals surface area contributed by atoms with Crippen molar-refractivity contribution in [2.24, 2.45) is 5.73 Å². The van der Waals surface area contributed by atoms with E-state index in [-0.39, 0.29) is 11.7 Å². The van der Waals surface area contributed by atoms with Gasteiger partial charge in [0.05, 0.1) is 11.0 Å². The molecule has 2 rings (SSSR count). The third-order valence-corrected chi connectivity index (χ3v) is 3.10. The maximum atomic E-state index is 13.3. The van der Waals surface area contributed by atoms with Crippen LogP contribution in [-0.4, -0.2) is 29.0 Å². The molecule has 1 atom stereocenters. The van der Waals surface area contributed by atoms with Crippen molar-refractivity contribution in [2.45, 2.75) is 25.4 Å². The number of piperidine rings is 1. The number of nitro groups is 1. The summed E-state index contributed by atoms with van der Waals surface area (Å²) in [5.41, 5.74) is 6.28. The standard InChI is InChI=1S/C12H16FN3O2/c13-10-4-9(5-12(6-10)16(17)18)7-15-3-1-2-11(14)8-15/h4-6,11H,1-3,7-8,14H2. The van der Waals surface area contributed by atoms with Crippen molar-refractivity contribution < 1.29 is 9.31 Å². The first-order valence-corrected chi connectivity index (χ1v) is 5.96. The summed E-state index contributed by atoms with van der Waals surface area (Å²) in [5, 5.41) is 10.7. The summed E-state index contributed by atoms with van der Waals surface area (Å²) in [7, 11) is 0. The van der Waals surface area contributed by atoms with E-state index < -0.39 is 10.7 Å². The van der Waals surface area contributed by atoms with Gasteiger partial charge in [0.1, 0.15) is 5.82 Å². The number of nitro benzene ring substituents is 1. The van der Waals surface area contributed by atoms with Crippen LogP contribution < -0.4 is 5.73 Å². The Bertz CT molecular complexity index is 453. The van der Waals surface area contributed by atoms with Gasteiger partial charge in [0.2, 0.25) is 0 Å². The molecule has 18 heavy (non-hydrogen) atoms. The van der Waals surface area contributed by atoms with Crippen molar-refractivity contribution in [1.82, 2.24) is 4.90 Å². The highest BCUT2D eigenvalue weighted by atomic mass is 19.1. The lowest BCUT2D eigenvalue weighted by Gasteiger charge is -2.30. The molecule has 0 saturated carbocycles. The molecule has 1 heterocycles. The van der Waals surface area contributed by atoms with Crippen LogP contribution in [0, 0.1) is 15.9 Å². The molecule has 2 N–H and O–H groups in total. The minimum Gasteiger partial charge on any atom is -0.327 e. The van der Waals surface area contributed by atoms with Gasteiger partial charge in [-0.15, -0.1) is 0 Å². The average molecular weight is 253 g/mol. The van der Waals surface area contributed by atoms with Gasteiger partial charge in [0.15, 0.2) is 0 Å². The van der Waals surface area contributed by atoms with E-state index in [1.807, 2.05) is 0 Å². The lowest BCUT2D eigenvalue weighted by Crippen LogP contribution is -2.42. The number of hydrogen-bond acceptors (Lipinski definition) is 4. The number of rotatable bonds is 3. The van der Waals surface area contributed by atoms with E-state index in [1.54, 1.807) is 0 Å². The highest BCUT2D eigenvalue weighted by Gasteiger charge is 2.18. The van der Waals surface area contributed by atoms with Crippen molar-refractivity contribution in [1.29, 1.82) is 0 Å². The Morgan fingerprint density at radius 1 is 1.50 bits per heavy atom. The van der Waals surface area contributed by atoms with E-state index in [4.69, 9.17) is 5.73 Å². The molecule has 0 aliphatic carbocycles. The van der Waals surface area contributed by atoms with Crippen molar-refractivity contribution in [3.63, 3.8) is 0 Å². The van der Waals surface area contributed by atoms with Crippen LogP contribution in [0.2, 0.25) is 0 Å². The van der Waals surface area contributed by atoms with Crippen LogP contribution in [0.15, 0.2) is 18.2 Å². The Kier molecular flexibility index (Phi) is 3.88. The van der Waals surface area contributed by atoms with Gasteiger partial charge >= 0.3 is 0 Å². The molecular formula is C12H16FN3O2. The zero-order valence-corrected chi connectivity index (χ0v) is 10.0. The Hall–Kier alpha value is -1.53. The first-order valence-electron chi connectivity index (χ1n) is 5.96. The second kappa shape index (κ2) is 5.41. The Labute approximate surface area is 105 Å². The van der Waals surface area contributed by atoms with E-state index in [9.17, 15) is 14.5 Å². The third-order valence-electron chi connectivity index (χ3n) is 3.10. The second-order valence-electron chi connectivity index (χ2n) is 4.71. The molecule has 0 amide bonds. The molecule has 1 aromatic carbocycles. The maximum absolute atomic E-state index is 13.3. The number of hydrogen-bond donors (Lipinski definition) is 1. The van der Waals surface area contributed by atoms with Gasteiger partial charge in [0.25, 0.3) is 5.69 Å². The SMILES string of the molecule is NC1CCCN(Cc2cc(F)cc([N+](=O)[O-])c2)C1. The van der Waals surface area contributed by atoms with Crippen LogP contribution in [0.3, 0.4) is 0 Å². The van der Waals surface area contributed by atoms with Gasteiger partial charge < -0.3 is 5.73 Å². The monoisotopic (exact) mass is 253 g/mol. The van der Waals surface area contributed by atoms with Crippen molar-refractivity contribution >= 4 is 5.69 Å². The summed E-state index contributed by atoms with van der Waals surface area (Å²) in [4.78, 5) is 12.2. The summed E-state index contributed by atoms with van der Waals surface area (Å²) in [6, 6.07) is 3.84. The first-order chi connectivity index (χ1) is 8.54. The van der Waals surface area contributed by atoms with Crippen LogP contribution in [0.1, 0.15) is 18.4 Å². The van der Waals surface area contributed by atoms with Crippen LogP contribution in [0.4, 0.5) is 10.1 Å². The van der Waals surface area contributed by atoms with Gasteiger partial charge in [-0.05, 0) is 31.0 Å². The molecule has 6 heteroatoms. The van der Waals surface area contributed by atoms with E-state index in [2.05, 4.69) is 4.90 Å². The topological polar surface area (TPSA) is 72.4 Å². The number of benzene rings is 1. The number of nitrogens with two attached hydrogens (primary N) is 1. The quantitative estimate of drug-likeness (QED) is 0.656. The summed E-state index contributed by atoms with van der Waals surface area (Å²) in [6.07, 6.45) is 2.01. The third kappa shape index (κ3) is 3.24. The summed E-state index contributed by atoms with van der Waals surface area (Å²) in [5.74, 6) is -0.569. The molecular weight excluding hydrogens is 237 g/mol. The Morgan fingerprint density at radius 2 is 2.28 bits per heavy atom. The van der Waals surface area contributed by atoms with Crippen molar-refractivity contribution in [3.8, 4) is 0 Å². The van der Waals surface area contributed by atoms with Crippen LogP contribution in [-0.2, 0) is 6.54 Å². The fraction of sp³-hybridized carbons (Fsp3) is 0.500. The van der Waals surface area contributed by atoms with Crippen LogP contribution in [0.5, 0.6) is 0 Å². The summed E-state index contributed by atoms with van der Waals surface area (Å²) < 4.78 is 13.3. The predicted molar refractivity (Wildman–Crippen MR) is 65.5 cm³/mol. The van der Waals surface area contributed by atoms with E-state index in [0.717, 1.165) is 32.0 Å². The molecule has 1 aliphatic rings. The van der Waals surface area contributed by atoms with Crippen molar-refractivity contribution in [3.05, 3.63) is 39.7 Å². The van der Waals surface area contributed by atoms with Crippen LogP contribution >= 0.6 is 0 Å². The molecule has 0 bridgehead atoms. The van der Waals surface area contributed by atoms with Crippen molar-refractivity contribution in [2.75, 3.05) is 13.1 Å². The molecule has 1 aromatic rings. The average Bonchev–Trinajstić information content (AvgIpc) is 2.28. The van der Waals surface area contributed by atoms with E-state index >= 15 is 0 Å². The molecule has 1 unspecified atom stereocenters. The van der Waals surface area contributed by atoms with E-state index in [1.165, 1.54) is 12.1 Å². The zero-order valence-electron chi connectivity index (χ0n) is 10.0. The molecule has 0 radical (unpaired) electrons. The van der Waals surface area contributed by atoms with Gasteiger partial charge in [-0.1, -0.05) is 0 Å². The number of halogens is 1. The van der Waals surface area contributed by atoms with Gasteiger partial charge in [-0.2, -0.15) is 0 Å². The van der Waals surface area contributed by atoms with Gasteiger partial charge in [-0.25, -0.2) is 4.39 Å². The number of likely N-dealkylation sites (tertiary alicyclic amines) is 1. The molecule has 0 spiro atoms. The first kappa shape index (κ1) is 12.9. The summed E-state index contributed by atoms with van der Waals surface area (Å²) >= 11 is 0. The smallest absolute Gasteiger partial charge is 0.272 e. The fourth-order valence-electron chi connectivity index (χ4n) is 2.32. The minimum absolute atomic E-state index is 0.141. The zero-order chi connectivity index (χ0) is 13.1. The molecule has 5 nitrogen and oxygen atoms in total. The molecule has 98 valence electrons. The molecule has 0 aromatic heterocycles.